The summed E-state index contributed by atoms with van der Waals surface area (Å²) >= 11 is 1.83. The predicted octanol–water partition coefficient (Wildman–Crippen LogP) is 2.88. The molecule has 0 fully saturated rings. The van der Waals surface area contributed by atoms with Crippen LogP contribution in [0.4, 0.5) is 5.82 Å². The van der Waals surface area contributed by atoms with Crippen LogP contribution in [0.25, 0.3) is 0 Å². The largest absolute Gasteiger partial charge is 0.367 e. The Bertz CT molecular complexity index is 453. The maximum Gasteiger partial charge on any atom is 0.166 e. The maximum absolute atomic E-state index is 9.36. The third-order valence-corrected chi connectivity index (χ3v) is 3.93. The van der Waals surface area contributed by atoms with Crippen molar-refractivity contribution >= 4 is 17.6 Å². The summed E-state index contributed by atoms with van der Waals surface area (Å²) in [5, 5.41) is 21.0. The fourth-order valence-electron chi connectivity index (χ4n) is 2.03. The second-order valence-electron chi connectivity index (χ2n) is 4.61. The van der Waals surface area contributed by atoms with E-state index in [2.05, 4.69) is 41.7 Å². The highest BCUT2D eigenvalue weighted by Crippen LogP contribution is 2.20. The van der Waals surface area contributed by atoms with Gasteiger partial charge in [-0.05, 0) is 36.3 Å². The van der Waals surface area contributed by atoms with Crippen LogP contribution in [-0.2, 0) is 12.8 Å². The summed E-state index contributed by atoms with van der Waals surface area (Å²) < 4.78 is 0. The average Bonchev–Trinajstić information content (AvgIpc) is 2.43. The molecule has 5 heteroatoms. The van der Waals surface area contributed by atoms with E-state index in [9.17, 15) is 5.26 Å². The molecule has 0 amide bonds. The first kappa shape index (κ1) is 15.8. The van der Waals surface area contributed by atoms with E-state index >= 15 is 0 Å². The number of aryl methyl sites for hydroxylation is 1. The fourth-order valence-corrected chi connectivity index (χ4v) is 2.72. The minimum absolute atomic E-state index is 0.541. The number of aromatic nitrogens is 2. The van der Waals surface area contributed by atoms with Gasteiger partial charge >= 0.3 is 0 Å². The molecule has 0 saturated heterocycles. The average molecular weight is 278 g/mol. The molecule has 0 aliphatic rings. The van der Waals surface area contributed by atoms with Crippen molar-refractivity contribution < 1.29 is 0 Å². The number of nitriles is 1. The van der Waals surface area contributed by atoms with Crippen LogP contribution in [0.1, 0.15) is 37.6 Å². The summed E-state index contributed by atoms with van der Waals surface area (Å²) in [6, 6.07) is 2.28. The summed E-state index contributed by atoms with van der Waals surface area (Å²) in [6.07, 6.45) is 3.73. The highest BCUT2D eigenvalue weighted by molar-refractivity contribution is 7.98. The highest BCUT2D eigenvalue weighted by Gasteiger charge is 2.14. The number of hydrogen-bond donors (Lipinski definition) is 1. The van der Waals surface area contributed by atoms with E-state index in [1.807, 2.05) is 18.7 Å². The monoisotopic (exact) mass is 278 g/mol. The Balaban J connectivity index is 2.93. The van der Waals surface area contributed by atoms with Crippen molar-refractivity contribution in [2.75, 3.05) is 23.9 Å². The summed E-state index contributed by atoms with van der Waals surface area (Å²) in [6.45, 7) is 7.10. The Morgan fingerprint density at radius 2 is 2.05 bits per heavy atom. The molecule has 0 saturated carbocycles. The van der Waals surface area contributed by atoms with Gasteiger partial charge in [-0.25, -0.2) is 0 Å². The second kappa shape index (κ2) is 8.00. The molecular weight excluding hydrogens is 256 g/mol. The van der Waals surface area contributed by atoms with Crippen LogP contribution < -0.4 is 5.32 Å². The normalized spacial score (nSPS) is 11.9. The lowest BCUT2D eigenvalue weighted by atomic mass is 10.0. The first-order valence-electron chi connectivity index (χ1n) is 6.69. The molecular formula is C14H22N4S. The van der Waals surface area contributed by atoms with Crippen molar-refractivity contribution in [3.05, 3.63) is 16.8 Å². The number of nitrogens with zero attached hydrogens (tertiary/aromatic N) is 3. The highest BCUT2D eigenvalue weighted by atomic mass is 32.2. The van der Waals surface area contributed by atoms with Gasteiger partial charge in [0.2, 0.25) is 0 Å². The third kappa shape index (κ3) is 4.10. The number of anilines is 1. The molecule has 1 N–H and O–H groups in total. The molecule has 1 aromatic rings. The van der Waals surface area contributed by atoms with Gasteiger partial charge in [-0.1, -0.05) is 20.8 Å². The molecule has 1 rings (SSSR count). The number of thioether (sulfide) groups is 1. The van der Waals surface area contributed by atoms with E-state index in [0.29, 0.717) is 17.3 Å². The molecule has 4 nitrogen and oxygen atoms in total. The van der Waals surface area contributed by atoms with Crippen LogP contribution in [0.3, 0.4) is 0 Å². The minimum Gasteiger partial charge on any atom is -0.367 e. The van der Waals surface area contributed by atoms with Crippen LogP contribution in [-0.4, -0.2) is 28.8 Å². The van der Waals surface area contributed by atoms with Gasteiger partial charge in [-0.2, -0.15) is 22.1 Å². The first-order valence-corrected chi connectivity index (χ1v) is 8.08. The Hall–Kier alpha value is -1.28. The molecule has 0 bridgehead atoms. The Morgan fingerprint density at radius 1 is 1.32 bits per heavy atom. The first-order chi connectivity index (χ1) is 9.17. The molecule has 0 aromatic carbocycles. The predicted molar refractivity (Wildman–Crippen MR) is 81.5 cm³/mol. The van der Waals surface area contributed by atoms with Gasteiger partial charge in [0.1, 0.15) is 11.6 Å². The van der Waals surface area contributed by atoms with Crippen LogP contribution >= 0.6 is 11.8 Å². The van der Waals surface area contributed by atoms with E-state index in [1.54, 1.807) is 0 Å². The van der Waals surface area contributed by atoms with E-state index in [1.165, 1.54) is 0 Å². The quantitative estimate of drug-likeness (QED) is 0.831. The van der Waals surface area contributed by atoms with Gasteiger partial charge in [0.05, 0.1) is 5.69 Å². The van der Waals surface area contributed by atoms with Gasteiger partial charge in [0, 0.05) is 6.54 Å². The lowest BCUT2D eigenvalue weighted by molar-refractivity contribution is 0.696. The lowest BCUT2D eigenvalue weighted by Gasteiger charge is -2.14. The Morgan fingerprint density at radius 3 is 2.58 bits per heavy atom. The van der Waals surface area contributed by atoms with E-state index in [4.69, 9.17) is 0 Å². The molecule has 0 radical (unpaired) electrons. The van der Waals surface area contributed by atoms with Crippen molar-refractivity contribution in [3.63, 3.8) is 0 Å². The van der Waals surface area contributed by atoms with Gasteiger partial charge in [-0.15, -0.1) is 5.10 Å². The number of nitrogens with one attached hydrogen (secondary N) is 1. The minimum atomic E-state index is 0.541. The van der Waals surface area contributed by atoms with Crippen molar-refractivity contribution in [3.8, 4) is 6.07 Å². The summed E-state index contributed by atoms with van der Waals surface area (Å²) in [5.41, 5.74) is 2.62. The smallest absolute Gasteiger partial charge is 0.166 e. The standard InChI is InChI=1S/C14H22N4S/c1-5-11-12(7-15)14(18-17-13(11)6-2)16-8-10(3)9-19-4/h10H,5-6,8-9H2,1-4H3,(H,16,18). The zero-order valence-corrected chi connectivity index (χ0v) is 13.0. The maximum atomic E-state index is 9.36. The molecule has 1 heterocycles. The zero-order valence-electron chi connectivity index (χ0n) is 12.2. The van der Waals surface area contributed by atoms with Gasteiger partial charge < -0.3 is 5.32 Å². The molecule has 0 aliphatic carbocycles. The lowest BCUT2D eigenvalue weighted by Crippen LogP contribution is -2.16. The fraction of sp³-hybridized carbons (Fsp3) is 0.643. The molecule has 0 spiro atoms. The number of rotatable bonds is 7. The Kier molecular flexibility index (Phi) is 6.65. The molecule has 104 valence electrons. The molecule has 0 aliphatic heterocycles. The summed E-state index contributed by atoms with van der Waals surface area (Å²) in [7, 11) is 0. The molecule has 1 atom stereocenters. The van der Waals surface area contributed by atoms with Gasteiger partial charge in [0.25, 0.3) is 0 Å². The van der Waals surface area contributed by atoms with E-state index in [0.717, 1.165) is 36.4 Å². The molecule has 1 unspecified atom stereocenters. The zero-order chi connectivity index (χ0) is 14.3. The van der Waals surface area contributed by atoms with Crippen molar-refractivity contribution in [1.82, 2.24) is 10.2 Å². The molecule has 1 aromatic heterocycles. The topological polar surface area (TPSA) is 61.6 Å². The van der Waals surface area contributed by atoms with Crippen LogP contribution in [0, 0.1) is 17.2 Å². The van der Waals surface area contributed by atoms with Crippen LogP contribution in [0.2, 0.25) is 0 Å². The van der Waals surface area contributed by atoms with Crippen molar-refractivity contribution in [2.24, 2.45) is 5.92 Å². The van der Waals surface area contributed by atoms with Gasteiger partial charge in [0.15, 0.2) is 5.82 Å². The van der Waals surface area contributed by atoms with Crippen molar-refractivity contribution in [2.45, 2.75) is 33.6 Å². The van der Waals surface area contributed by atoms with Crippen LogP contribution in [0.5, 0.6) is 0 Å². The second-order valence-corrected chi connectivity index (χ2v) is 5.52. The SMILES string of the molecule is CCc1nnc(NCC(C)CSC)c(C#N)c1CC. The van der Waals surface area contributed by atoms with Crippen molar-refractivity contribution in [1.29, 1.82) is 5.26 Å². The summed E-state index contributed by atoms with van der Waals surface area (Å²) in [5.74, 6) is 2.26. The Labute approximate surface area is 120 Å². The third-order valence-electron chi connectivity index (χ3n) is 3.03. The van der Waals surface area contributed by atoms with E-state index in [-0.39, 0.29) is 0 Å². The van der Waals surface area contributed by atoms with Crippen LogP contribution in [0.15, 0.2) is 0 Å². The van der Waals surface area contributed by atoms with E-state index < -0.39 is 0 Å². The number of hydrogen-bond acceptors (Lipinski definition) is 5. The summed E-state index contributed by atoms with van der Waals surface area (Å²) in [4.78, 5) is 0. The molecule has 19 heavy (non-hydrogen) atoms. The van der Waals surface area contributed by atoms with Gasteiger partial charge in [-0.3, -0.25) is 0 Å².